The van der Waals surface area contributed by atoms with E-state index in [0.29, 0.717) is 18.7 Å². The van der Waals surface area contributed by atoms with Crippen LogP contribution in [-0.4, -0.2) is 13.0 Å². The maximum absolute atomic E-state index is 12.2. The van der Waals surface area contributed by atoms with Crippen LogP contribution < -0.4 is 15.4 Å². The van der Waals surface area contributed by atoms with Crippen molar-refractivity contribution >= 4 is 17.3 Å². The van der Waals surface area contributed by atoms with Crippen LogP contribution in [0.25, 0.3) is 0 Å². The van der Waals surface area contributed by atoms with Crippen LogP contribution in [0.2, 0.25) is 0 Å². The summed E-state index contributed by atoms with van der Waals surface area (Å²) >= 11 is 0. The van der Waals surface area contributed by atoms with E-state index >= 15 is 0 Å². The molecule has 0 aromatic heterocycles. The molecule has 1 aliphatic rings. The highest BCUT2D eigenvalue weighted by molar-refractivity contribution is 6.01. The van der Waals surface area contributed by atoms with E-state index in [9.17, 15) is 4.79 Å². The molecule has 0 fully saturated rings. The maximum Gasteiger partial charge on any atom is 0.231 e. The summed E-state index contributed by atoms with van der Waals surface area (Å²) in [6.45, 7) is 0.549. The summed E-state index contributed by atoms with van der Waals surface area (Å²) in [5, 5.41) is 0. The molecule has 0 spiro atoms. The van der Waals surface area contributed by atoms with Gasteiger partial charge in [-0.2, -0.15) is 0 Å². The number of fused-ring (bicyclic) bond motifs is 1. The predicted octanol–water partition coefficient (Wildman–Crippen LogP) is 2.37. The van der Waals surface area contributed by atoms with Gasteiger partial charge < -0.3 is 15.4 Å². The van der Waals surface area contributed by atoms with Gasteiger partial charge >= 0.3 is 0 Å². The van der Waals surface area contributed by atoms with Crippen LogP contribution in [0.15, 0.2) is 42.5 Å². The molecule has 2 N–H and O–H groups in total. The first kappa shape index (κ1) is 12.5. The number of hydrogen-bond donors (Lipinski definition) is 1. The minimum absolute atomic E-state index is 0.105. The summed E-state index contributed by atoms with van der Waals surface area (Å²) in [7, 11) is 1.64. The van der Waals surface area contributed by atoms with Crippen LogP contribution in [0.5, 0.6) is 5.75 Å². The molecule has 20 heavy (non-hydrogen) atoms. The van der Waals surface area contributed by atoms with Gasteiger partial charge in [0, 0.05) is 11.4 Å². The second-order valence-electron chi connectivity index (χ2n) is 4.90. The van der Waals surface area contributed by atoms with Crippen LogP contribution in [0, 0.1) is 0 Å². The van der Waals surface area contributed by atoms with Crippen molar-refractivity contribution in [1.82, 2.24) is 0 Å². The highest BCUT2D eigenvalue weighted by Gasteiger charge is 2.27. The molecule has 0 saturated carbocycles. The number of nitrogen functional groups attached to an aromatic ring is 1. The summed E-state index contributed by atoms with van der Waals surface area (Å²) in [5.41, 5.74) is 9.45. The fourth-order valence-electron chi connectivity index (χ4n) is 2.53. The zero-order valence-electron chi connectivity index (χ0n) is 11.3. The zero-order chi connectivity index (χ0) is 14.1. The molecule has 4 nitrogen and oxygen atoms in total. The second kappa shape index (κ2) is 4.89. The van der Waals surface area contributed by atoms with Crippen molar-refractivity contribution in [2.45, 2.75) is 13.0 Å². The number of methoxy groups -OCH3 is 1. The molecule has 2 aromatic rings. The minimum atomic E-state index is 0.105. The molecule has 0 radical (unpaired) electrons. The number of carbonyl (C=O) groups is 1. The predicted molar refractivity (Wildman–Crippen MR) is 78.7 cm³/mol. The first-order valence-electron chi connectivity index (χ1n) is 6.49. The third-order valence-electron chi connectivity index (χ3n) is 3.51. The lowest BCUT2D eigenvalue weighted by atomic mass is 10.1. The van der Waals surface area contributed by atoms with E-state index in [4.69, 9.17) is 10.5 Å². The van der Waals surface area contributed by atoms with Crippen molar-refractivity contribution in [1.29, 1.82) is 0 Å². The Kier molecular flexibility index (Phi) is 3.06. The average molecular weight is 268 g/mol. The van der Waals surface area contributed by atoms with Gasteiger partial charge in [0.05, 0.1) is 20.1 Å². The lowest BCUT2D eigenvalue weighted by Gasteiger charge is -2.18. The van der Waals surface area contributed by atoms with Gasteiger partial charge in [-0.15, -0.1) is 0 Å². The largest absolute Gasteiger partial charge is 0.497 e. The van der Waals surface area contributed by atoms with Gasteiger partial charge in [0.15, 0.2) is 0 Å². The molecule has 0 aliphatic carbocycles. The second-order valence-corrected chi connectivity index (χ2v) is 4.90. The van der Waals surface area contributed by atoms with Crippen molar-refractivity contribution in [3.05, 3.63) is 53.6 Å². The summed E-state index contributed by atoms with van der Waals surface area (Å²) < 4.78 is 5.21. The summed E-state index contributed by atoms with van der Waals surface area (Å²) in [5.74, 6) is 0.903. The number of nitrogens with zero attached hydrogens (tertiary/aromatic N) is 1. The van der Waals surface area contributed by atoms with Crippen LogP contribution in [0.3, 0.4) is 0 Å². The maximum atomic E-state index is 12.2. The zero-order valence-corrected chi connectivity index (χ0v) is 11.3. The molecule has 1 aliphatic heterocycles. The van der Waals surface area contributed by atoms with Crippen molar-refractivity contribution in [3.8, 4) is 5.75 Å². The lowest BCUT2D eigenvalue weighted by molar-refractivity contribution is -0.117. The van der Waals surface area contributed by atoms with E-state index in [1.54, 1.807) is 12.0 Å². The van der Waals surface area contributed by atoms with E-state index in [1.165, 1.54) is 0 Å². The minimum Gasteiger partial charge on any atom is -0.497 e. The third kappa shape index (κ3) is 2.20. The van der Waals surface area contributed by atoms with Gasteiger partial charge in [0.25, 0.3) is 0 Å². The number of amides is 1. The van der Waals surface area contributed by atoms with E-state index in [0.717, 1.165) is 22.6 Å². The molecule has 3 rings (SSSR count). The summed E-state index contributed by atoms with van der Waals surface area (Å²) in [6.07, 6.45) is 0.421. The number of benzene rings is 2. The van der Waals surface area contributed by atoms with E-state index < -0.39 is 0 Å². The Morgan fingerprint density at radius 1 is 1.25 bits per heavy atom. The van der Waals surface area contributed by atoms with Gasteiger partial charge in [0.2, 0.25) is 5.91 Å². The van der Waals surface area contributed by atoms with Gasteiger partial charge in [-0.25, -0.2) is 0 Å². The Morgan fingerprint density at radius 2 is 2.10 bits per heavy atom. The van der Waals surface area contributed by atoms with E-state index in [2.05, 4.69) is 0 Å². The molecule has 0 unspecified atom stereocenters. The van der Waals surface area contributed by atoms with Crippen molar-refractivity contribution in [2.75, 3.05) is 17.7 Å². The van der Waals surface area contributed by atoms with Crippen LogP contribution in [0.1, 0.15) is 11.1 Å². The molecule has 1 amide bonds. The Hall–Kier alpha value is -2.49. The van der Waals surface area contributed by atoms with Crippen LogP contribution in [-0.2, 0) is 17.8 Å². The summed E-state index contributed by atoms with van der Waals surface area (Å²) in [4.78, 5) is 14.0. The van der Waals surface area contributed by atoms with Crippen molar-refractivity contribution in [2.24, 2.45) is 0 Å². The fourth-order valence-corrected chi connectivity index (χ4v) is 2.53. The van der Waals surface area contributed by atoms with Crippen molar-refractivity contribution < 1.29 is 9.53 Å². The monoisotopic (exact) mass is 268 g/mol. The third-order valence-corrected chi connectivity index (χ3v) is 3.51. The number of ether oxygens (including phenoxy) is 1. The quantitative estimate of drug-likeness (QED) is 0.869. The smallest absolute Gasteiger partial charge is 0.231 e. The molecule has 2 aromatic carbocycles. The van der Waals surface area contributed by atoms with Crippen LogP contribution >= 0.6 is 0 Å². The summed E-state index contributed by atoms with van der Waals surface area (Å²) in [6, 6.07) is 13.4. The fraction of sp³-hybridized carbons (Fsp3) is 0.188. The standard InChI is InChI=1S/C16H16N2O2/c1-20-14-4-2-3-11(7-14)10-18-15-6-5-13(17)8-12(15)9-16(18)19/h2-8H,9-10,17H2,1H3. The lowest BCUT2D eigenvalue weighted by Crippen LogP contribution is -2.25. The molecular formula is C16H16N2O2. The normalized spacial score (nSPS) is 13.4. The topological polar surface area (TPSA) is 55.6 Å². The molecule has 0 atom stereocenters. The van der Waals surface area contributed by atoms with Gasteiger partial charge in [-0.3, -0.25) is 4.79 Å². The molecule has 0 bridgehead atoms. The number of rotatable bonds is 3. The SMILES string of the molecule is COc1cccc(CN2C(=O)Cc3cc(N)ccc32)c1. The Labute approximate surface area is 117 Å². The average Bonchev–Trinajstić information content (AvgIpc) is 2.74. The molecule has 102 valence electrons. The Bertz CT molecular complexity index is 667. The Balaban J connectivity index is 1.90. The van der Waals surface area contributed by atoms with E-state index in [-0.39, 0.29) is 5.91 Å². The van der Waals surface area contributed by atoms with Gasteiger partial charge in [-0.05, 0) is 41.5 Å². The molecule has 0 saturated heterocycles. The van der Waals surface area contributed by atoms with Gasteiger partial charge in [0.1, 0.15) is 5.75 Å². The molecule has 1 heterocycles. The first-order chi connectivity index (χ1) is 9.67. The highest BCUT2D eigenvalue weighted by atomic mass is 16.5. The van der Waals surface area contributed by atoms with Crippen LogP contribution in [0.4, 0.5) is 11.4 Å². The first-order valence-corrected chi connectivity index (χ1v) is 6.49. The molecule has 4 heteroatoms. The number of carbonyl (C=O) groups excluding carboxylic acids is 1. The van der Waals surface area contributed by atoms with Gasteiger partial charge in [-0.1, -0.05) is 12.1 Å². The van der Waals surface area contributed by atoms with E-state index in [1.807, 2.05) is 42.5 Å². The Morgan fingerprint density at radius 3 is 2.90 bits per heavy atom. The molecular weight excluding hydrogens is 252 g/mol. The van der Waals surface area contributed by atoms with Crippen molar-refractivity contribution in [3.63, 3.8) is 0 Å². The number of hydrogen-bond acceptors (Lipinski definition) is 3. The number of anilines is 2. The number of nitrogens with two attached hydrogens (primary N) is 1. The highest BCUT2D eigenvalue weighted by Crippen LogP contribution is 2.32.